The molecule has 1 aliphatic heterocycles. The highest BCUT2D eigenvalue weighted by Gasteiger charge is 2.45. The molecule has 0 saturated carbocycles. The van der Waals surface area contributed by atoms with E-state index in [9.17, 15) is 23.1 Å². The number of carbonyl (C=O) groups is 2. The maximum atomic E-state index is 14.0. The first-order chi connectivity index (χ1) is 18.6. The van der Waals surface area contributed by atoms with Gasteiger partial charge in [-0.3, -0.25) is 14.5 Å². The molecule has 4 aromatic rings. The van der Waals surface area contributed by atoms with Crippen LogP contribution in [-0.4, -0.2) is 37.3 Å². The lowest BCUT2D eigenvalue weighted by molar-refractivity contribution is -0.117. The first kappa shape index (κ1) is 26.3. The number of aliphatic hydroxyl groups excluding tert-OH is 1. The molecule has 39 heavy (non-hydrogen) atoms. The van der Waals surface area contributed by atoms with Crippen molar-refractivity contribution in [2.24, 2.45) is 5.14 Å². The van der Waals surface area contributed by atoms with Gasteiger partial charge in [0.15, 0.2) is 5.76 Å². The van der Waals surface area contributed by atoms with Gasteiger partial charge in [0.2, 0.25) is 15.8 Å². The summed E-state index contributed by atoms with van der Waals surface area (Å²) in [5, 5.41) is 16.9. The van der Waals surface area contributed by atoms with E-state index >= 15 is 0 Å². The van der Waals surface area contributed by atoms with E-state index in [1.807, 2.05) is 30.3 Å². The van der Waals surface area contributed by atoms with Crippen LogP contribution in [0.5, 0.6) is 5.75 Å². The number of aliphatic hydroxyl groups is 1. The van der Waals surface area contributed by atoms with Crippen molar-refractivity contribution in [3.8, 4) is 16.3 Å². The van der Waals surface area contributed by atoms with Crippen molar-refractivity contribution >= 4 is 38.7 Å². The zero-order chi connectivity index (χ0) is 27.9. The van der Waals surface area contributed by atoms with E-state index in [4.69, 9.17) is 9.88 Å². The van der Waals surface area contributed by atoms with Crippen molar-refractivity contribution in [1.82, 2.24) is 4.98 Å². The van der Waals surface area contributed by atoms with Crippen LogP contribution in [0.3, 0.4) is 0 Å². The molecule has 0 fully saturated rings. The predicted molar refractivity (Wildman–Crippen MR) is 147 cm³/mol. The molecule has 1 amide bonds. The second-order valence-corrected chi connectivity index (χ2v) is 11.3. The van der Waals surface area contributed by atoms with Crippen molar-refractivity contribution in [3.63, 3.8) is 0 Å². The van der Waals surface area contributed by atoms with Crippen LogP contribution in [0.15, 0.2) is 95.1 Å². The second kappa shape index (κ2) is 10.1. The van der Waals surface area contributed by atoms with Gasteiger partial charge in [-0.05, 0) is 48.9 Å². The number of ketones is 1. The highest BCUT2D eigenvalue weighted by Crippen LogP contribution is 2.43. The Morgan fingerprint density at radius 2 is 1.67 bits per heavy atom. The maximum absolute atomic E-state index is 14.0. The fraction of sp³-hybridized carbons (Fsp3) is 0.107. The van der Waals surface area contributed by atoms with E-state index in [1.54, 1.807) is 31.2 Å². The Kier molecular flexibility index (Phi) is 6.81. The number of carbonyl (C=O) groups excluding carboxylic acids is 2. The fourth-order valence-electron chi connectivity index (χ4n) is 4.44. The normalized spacial score (nSPS) is 15.6. The summed E-state index contributed by atoms with van der Waals surface area (Å²) < 4.78 is 28.8. The number of aromatic nitrogens is 1. The van der Waals surface area contributed by atoms with Gasteiger partial charge < -0.3 is 9.84 Å². The number of benzene rings is 3. The lowest BCUT2D eigenvalue weighted by Gasteiger charge is -2.27. The standard InChI is InChI=1S/C28H23N3O6S2/c1-16-26(38-27(30-16)18-6-4-3-5-7-18)24(32)22-23(17-8-12-20(37-2)13-9-17)31(28(34)25(22)33)19-10-14-21(15-11-19)39(29,35)36/h3-15,23,33H,1-2H3,(H2,29,35,36). The number of nitrogens with two attached hydrogens (primary N) is 1. The number of nitrogens with zero attached hydrogens (tertiary/aromatic N) is 2. The number of aryl methyl sites for hydroxylation is 1. The van der Waals surface area contributed by atoms with Gasteiger partial charge in [-0.2, -0.15) is 0 Å². The Balaban J connectivity index is 1.62. The zero-order valence-corrected chi connectivity index (χ0v) is 22.5. The Morgan fingerprint density at radius 1 is 1.03 bits per heavy atom. The number of sulfonamides is 1. The highest BCUT2D eigenvalue weighted by molar-refractivity contribution is 7.89. The lowest BCUT2D eigenvalue weighted by Crippen LogP contribution is -2.31. The first-order valence-corrected chi connectivity index (χ1v) is 14.1. The molecule has 0 radical (unpaired) electrons. The first-order valence-electron chi connectivity index (χ1n) is 11.7. The highest BCUT2D eigenvalue weighted by atomic mass is 32.2. The van der Waals surface area contributed by atoms with Crippen LogP contribution in [0.1, 0.15) is 27.0 Å². The molecule has 11 heteroatoms. The Labute approximate surface area is 228 Å². The van der Waals surface area contributed by atoms with Crippen LogP contribution in [0.2, 0.25) is 0 Å². The van der Waals surface area contributed by atoms with E-state index in [1.165, 1.54) is 47.6 Å². The molecule has 9 nitrogen and oxygen atoms in total. The maximum Gasteiger partial charge on any atom is 0.294 e. The second-order valence-electron chi connectivity index (χ2n) is 8.78. The number of primary sulfonamides is 1. The molecule has 0 bridgehead atoms. The number of amides is 1. The van der Waals surface area contributed by atoms with Gasteiger partial charge in [0, 0.05) is 11.3 Å². The summed E-state index contributed by atoms with van der Waals surface area (Å²) in [4.78, 5) is 33.4. The number of hydrogen-bond donors (Lipinski definition) is 2. The molecule has 198 valence electrons. The molecular formula is C28H23N3O6S2. The van der Waals surface area contributed by atoms with Crippen molar-refractivity contribution < 1.29 is 27.9 Å². The van der Waals surface area contributed by atoms with Gasteiger partial charge in [0.25, 0.3) is 5.91 Å². The molecule has 2 heterocycles. The minimum atomic E-state index is -3.96. The topological polar surface area (TPSA) is 140 Å². The SMILES string of the molecule is COc1ccc(C2C(C(=O)c3sc(-c4ccccc4)nc3C)=C(O)C(=O)N2c2ccc(S(N)(=O)=O)cc2)cc1. The number of ether oxygens (including phenoxy) is 1. The number of anilines is 1. The zero-order valence-electron chi connectivity index (χ0n) is 20.9. The van der Waals surface area contributed by atoms with Crippen molar-refractivity contribution in [1.29, 1.82) is 0 Å². The summed E-state index contributed by atoms with van der Waals surface area (Å²) in [6.45, 7) is 1.71. The molecular weight excluding hydrogens is 538 g/mol. The van der Waals surface area contributed by atoms with Gasteiger partial charge in [-0.25, -0.2) is 18.5 Å². The number of hydrogen-bond acceptors (Lipinski definition) is 8. The number of rotatable bonds is 7. The van der Waals surface area contributed by atoms with Crippen LogP contribution < -0.4 is 14.8 Å². The summed E-state index contributed by atoms with van der Waals surface area (Å²) >= 11 is 1.18. The molecule has 3 aromatic carbocycles. The van der Waals surface area contributed by atoms with Crippen LogP contribution in [-0.2, 0) is 14.8 Å². The van der Waals surface area contributed by atoms with Crippen molar-refractivity contribution in [2.45, 2.75) is 17.9 Å². The molecule has 1 atom stereocenters. The largest absolute Gasteiger partial charge is 0.503 e. The van der Waals surface area contributed by atoms with Gasteiger partial charge in [0.05, 0.1) is 34.2 Å². The van der Waals surface area contributed by atoms with Gasteiger partial charge in [-0.1, -0.05) is 42.5 Å². The van der Waals surface area contributed by atoms with Gasteiger partial charge in [-0.15, -0.1) is 11.3 Å². The Bertz CT molecular complexity index is 1710. The quantitative estimate of drug-likeness (QED) is 0.315. The van der Waals surface area contributed by atoms with Gasteiger partial charge >= 0.3 is 0 Å². The van der Waals surface area contributed by atoms with E-state index < -0.39 is 33.5 Å². The number of methoxy groups -OCH3 is 1. The third-order valence-electron chi connectivity index (χ3n) is 6.35. The Hall–Kier alpha value is -4.32. The monoisotopic (exact) mass is 561 g/mol. The minimum absolute atomic E-state index is 0.105. The average Bonchev–Trinajstić information content (AvgIpc) is 3.45. The molecule has 0 spiro atoms. The van der Waals surface area contributed by atoms with E-state index in [0.29, 0.717) is 26.9 Å². The van der Waals surface area contributed by atoms with Crippen LogP contribution >= 0.6 is 11.3 Å². The molecule has 0 aliphatic carbocycles. The summed E-state index contributed by atoms with van der Waals surface area (Å²) in [5.41, 5.74) is 2.02. The van der Waals surface area contributed by atoms with E-state index in [-0.39, 0.29) is 16.2 Å². The third kappa shape index (κ3) is 4.83. The Morgan fingerprint density at radius 3 is 2.26 bits per heavy atom. The minimum Gasteiger partial charge on any atom is -0.503 e. The lowest BCUT2D eigenvalue weighted by atomic mass is 9.94. The summed E-state index contributed by atoms with van der Waals surface area (Å²) in [6, 6.07) is 20.5. The van der Waals surface area contributed by atoms with E-state index in [2.05, 4.69) is 4.98 Å². The molecule has 1 unspecified atom stereocenters. The molecule has 5 rings (SSSR count). The average molecular weight is 562 g/mol. The summed E-state index contributed by atoms with van der Waals surface area (Å²) in [5.74, 6) is -1.44. The van der Waals surface area contributed by atoms with Crippen LogP contribution in [0.4, 0.5) is 5.69 Å². The van der Waals surface area contributed by atoms with E-state index in [0.717, 1.165) is 5.56 Å². The summed E-state index contributed by atoms with van der Waals surface area (Å²) in [6.07, 6.45) is 0. The smallest absolute Gasteiger partial charge is 0.294 e. The van der Waals surface area contributed by atoms with Crippen molar-refractivity contribution in [3.05, 3.63) is 106 Å². The predicted octanol–water partition coefficient (Wildman–Crippen LogP) is 4.56. The van der Waals surface area contributed by atoms with Crippen molar-refractivity contribution in [2.75, 3.05) is 12.0 Å². The molecule has 3 N–H and O–H groups in total. The number of thiazole rings is 1. The molecule has 0 saturated heterocycles. The fourth-order valence-corrected chi connectivity index (χ4v) is 5.98. The summed E-state index contributed by atoms with van der Waals surface area (Å²) in [7, 11) is -2.44. The molecule has 1 aromatic heterocycles. The third-order valence-corrected chi connectivity index (χ3v) is 8.49. The number of Topliss-reactive ketones (excluding diaryl/α,β-unsaturated/α-hetero) is 1. The van der Waals surface area contributed by atoms with Crippen LogP contribution in [0.25, 0.3) is 10.6 Å². The molecule has 1 aliphatic rings. The van der Waals surface area contributed by atoms with Crippen LogP contribution in [0, 0.1) is 6.92 Å². The van der Waals surface area contributed by atoms with Gasteiger partial charge in [0.1, 0.15) is 10.8 Å².